The molecule has 0 spiro atoms. The predicted molar refractivity (Wildman–Crippen MR) is 107 cm³/mol. The lowest BCUT2D eigenvalue weighted by molar-refractivity contribution is 0.364. The van der Waals surface area contributed by atoms with Gasteiger partial charge in [-0.15, -0.1) is 0 Å². The predicted octanol–water partition coefficient (Wildman–Crippen LogP) is 2.64. The molecule has 0 aliphatic heterocycles. The standard InChI is InChI=1S/C22H22FN3O3/c23-8-9-24-12-17(22-21(28)19(27)7-10-29-22)11-18-14-26-13-16(4-3-15-1-2-15)5-6-20(26)25-18/h5-7,10,13-15,17,24,28H,1-2,8-9,11-12H2. The summed E-state index contributed by atoms with van der Waals surface area (Å²) in [5, 5.41) is 13.1. The van der Waals surface area contributed by atoms with Crippen molar-refractivity contribution in [3.63, 3.8) is 0 Å². The fourth-order valence-electron chi connectivity index (χ4n) is 3.20. The van der Waals surface area contributed by atoms with Crippen molar-refractivity contribution in [3.05, 3.63) is 64.1 Å². The molecule has 150 valence electrons. The number of hydrogen-bond donors (Lipinski definition) is 2. The van der Waals surface area contributed by atoms with Gasteiger partial charge in [0.1, 0.15) is 12.3 Å². The van der Waals surface area contributed by atoms with Gasteiger partial charge >= 0.3 is 0 Å². The minimum absolute atomic E-state index is 0.178. The third-order valence-corrected chi connectivity index (χ3v) is 4.87. The Morgan fingerprint density at radius 2 is 2.21 bits per heavy atom. The van der Waals surface area contributed by atoms with Gasteiger partial charge < -0.3 is 19.2 Å². The van der Waals surface area contributed by atoms with Crippen LogP contribution in [0.4, 0.5) is 4.39 Å². The summed E-state index contributed by atoms with van der Waals surface area (Å²) < 4.78 is 19.8. The smallest absolute Gasteiger partial charge is 0.226 e. The van der Waals surface area contributed by atoms with Crippen LogP contribution in [0.15, 0.2) is 46.1 Å². The molecule has 0 radical (unpaired) electrons. The fraction of sp³-hybridized carbons (Fsp3) is 0.364. The van der Waals surface area contributed by atoms with Gasteiger partial charge in [-0.3, -0.25) is 4.79 Å². The highest BCUT2D eigenvalue weighted by Gasteiger charge is 2.22. The van der Waals surface area contributed by atoms with Crippen molar-refractivity contribution in [3.8, 4) is 17.6 Å². The lowest BCUT2D eigenvalue weighted by Crippen LogP contribution is -2.25. The second-order valence-electron chi connectivity index (χ2n) is 7.25. The van der Waals surface area contributed by atoms with Gasteiger partial charge in [-0.25, -0.2) is 9.37 Å². The van der Waals surface area contributed by atoms with E-state index in [1.807, 2.05) is 28.9 Å². The van der Waals surface area contributed by atoms with Crippen LogP contribution < -0.4 is 10.7 Å². The Balaban J connectivity index is 1.59. The molecule has 1 atom stereocenters. The van der Waals surface area contributed by atoms with Gasteiger partial charge in [0.25, 0.3) is 0 Å². The second kappa shape index (κ2) is 8.50. The second-order valence-corrected chi connectivity index (χ2v) is 7.25. The van der Waals surface area contributed by atoms with Gasteiger partial charge in [-0.1, -0.05) is 11.8 Å². The highest BCUT2D eigenvalue weighted by atomic mass is 19.1. The lowest BCUT2D eigenvalue weighted by Gasteiger charge is -2.16. The number of imidazole rings is 1. The number of hydrogen-bond acceptors (Lipinski definition) is 5. The van der Waals surface area contributed by atoms with Crippen molar-refractivity contribution in [2.75, 3.05) is 19.8 Å². The molecule has 7 heteroatoms. The Hall–Kier alpha value is -3.11. The summed E-state index contributed by atoms with van der Waals surface area (Å²) in [6.07, 6.45) is 7.89. The molecule has 2 N–H and O–H groups in total. The highest BCUT2D eigenvalue weighted by Crippen LogP contribution is 2.28. The lowest BCUT2D eigenvalue weighted by atomic mass is 9.99. The van der Waals surface area contributed by atoms with Crippen LogP contribution in [0.2, 0.25) is 0 Å². The van der Waals surface area contributed by atoms with Gasteiger partial charge in [0, 0.05) is 55.4 Å². The van der Waals surface area contributed by atoms with Crippen molar-refractivity contribution in [1.29, 1.82) is 0 Å². The molecule has 0 amide bonds. The molecule has 1 fully saturated rings. The topological polar surface area (TPSA) is 79.8 Å². The number of rotatable bonds is 7. The molecule has 1 saturated carbocycles. The third kappa shape index (κ3) is 4.66. The Morgan fingerprint density at radius 1 is 1.34 bits per heavy atom. The summed E-state index contributed by atoms with van der Waals surface area (Å²) in [5.41, 5.74) is 1.98. The zero-order chi connectivity index (χ0) is 20.2. The van der Waals surface area contributed by atoms with Crippen LogP contribution >= 0.6 is 0 Å². The SMILES string of the molecule is O=c1ccoc(C(CNCCF)Cc2cn3cc(C#CC4CC4)ccc3n2)c1O. The van der Waals surface area contributed by atoms with Crippen LogP contribution in [0.5, 0.6) is 5.75 Å². The van der Waals surface area contributed by atoms with Crippen LogP contribution in [0, 0.1) is 17.8 Å². The van der Waals surface area contributed by atoms with Gasteiger partial charge in [0.15, 0.2) is 5.76 Å². The molecule has 3 heterocycles. The molecule has 1 aliphatic carbocycles. The van der Waals surface area contributed by atoms with Crippen molar-refractivity contribution >= 4 is 5.65 Å². The number of nitrogens with one attached hydrogen (secondary N) is 1. The maximum Gasteiger partial charge on any atom is 0.226 e. The van der Waals surface area contributed by atoms with Crippen LogP contribution in [-0.2, 0) is 6.42 Å². The van der Waals surface area contributed by atoms with E-state index in [9.17, 15) is 14.3 Å². The van der Waals surface area contributed by atoms with E-state index in [1.54, 1.807) is 0 Å². The Labute approximate surface area is 167 Å². The molecule has 1 aliphatic rings. The number of pyridine rings is 1. The zero-order valence-corrected chi connectivity index (χ0v) is 15.9. The van der Waals surface area contributed by atoms with E-state index in [2.05, 4.69) is 22.1 Å². The van der Waals surface area contributed by atoms with E-state index in [0.29, 0.717) is 18.9 Å². The van der Waals surface area contributed by atoms with E-state index in [-0.39, 0.29) is 18.2 Å². The molecule has 0 saturated heterocycles. The van der Waals surface area contributed by atoms with Crippen molar-refractivity contribution < 1.29 is 13.9 Å². The van der Waals surface area contributed by atoms with Gasteiger partial charge in [-0.05, 0) is 25.0 Å². The fourth-order valence-corrected chi connectivity index (χ4v) is 3.20. The molecule has 29 heavy (non-hydrogen) atoms. The third-order valence-electron chi connectivity index (χ3n) is 4.87. The number of alkyl halides is 1. The Kier molecular flexibility index (Phi) is 5.63. The molecule has 3 aromatic rings. The number of halogens is 1. The molecule has 6 nitrogen and oxygen atoms in total. The van der Waals surface area contributed by atoms with Gasteiger partial charge in [0.2, 0.25) is 11.2 Å². The van der Waals surface area contributed by atoms with Crippen LogP contribution in [0.25, 0.3) is 5.65 Å². The van der Waals surface area contributed by atoms with Crippen LogP contribution in [0.1, 0.15) is 35.8 Å². The maximum atomic E-state index is 12.5. The Morgan fingerprint density at radius 3 is 3.00 bits per heavy atom. The molecular formula is C22H22FN3O3. The zero-order valence-electron chi connectivity index (χ0n) is 15.9. The largest absolute Gasteiger partial charge is 0.502 e. The van der Waals surface area contributed by atoms with E-state index in [4.69, 9.17) is 4.42 Å². The summed E-state index contributed by atoms with van der Waals surface area (Å²) in [6, 6.07) is 5.03. The van der Waals surface area contributed by atoms with Crippen LogP contribution in [-0.4, -0.2) is 34.3 Å². The van der Waals surface area contributed by atoms with E-state index in [1.165, 1.54) is 25.2 Å². The summed E-state index contributed by atoms with van der Waals surface area (Å²) >= 11 is 0. The molecule has 0 aromatic carbocycles. The van der Waals surface area contributed by atoms with Crippen molar-refractivity contribution in [1.82, 2.24) is 14.7 Å². The molecular weight excluding hydrogens is 373 g/mol. The van der Waals surface area contributed by atoms with Crippen molar-refractivity contribution in [2.45, 2.75) is 25.2 Å². The molecule has 3 aromatic heterocycles. The van der Waals surface area contributed by atoms with Crippen LogP contribution in [0.3, 0.4) is 0 Å². The highest BCUT2D eigenvalue weighted by molar-refractivity contribution is 5.46. The molecule has 0 bridgehead atoms. The quantitative estimate of drug-likeness (QED) is 0.475. The molecule has 1 unspecified atom stereocenters. The first-order valence-electron chi connectivity index (χ1n) is 9.70. The number of fused-ring (bicyclic) bond motifs is 1. The monoisotopic (exact) mass is 395 g/mol. The number of nitrogens with zero attached hydrogens (tertiary/aromatic N) is 2. The summed E-state index contributed by atoms with van der Waals surface area (Å²) in [4.78, 5) is 16.4. The summed E-state index contributed by atoms with van der Waals surface area (Å²) in [7, 11) is 0. The Bertz CT molecular complexity index is 1120. The van der Waals surface area contributed by atoms with E-state index < -0.39 is 17.9 Å². The van der Waals surface area contributed by atoms with E-state index >= 15 is 0 Å². The minimum Gasteiger partial charge on any atom is -0.502 e. The average Bonchev–Trinajstić information content (AvgIpc) is 3.46. The number of aromatic hydroxyl groups is 1. The first-order chi connectivity index (χ1) is 14.1. The van der Waals surface area contributed by atoms with Crippen molar-refractivity contribution in [2.24, 2.45) is 5.92 Å². The first kappa shape index (κ1) is 19.2. The summed E-state index contributed by atoms with van der Waals surface area (Å²) in [6.45, 7) is 0.0232. The normalized spacial score (nSPS) is 14.5. The average molecular weight is 395 g/mol. The van der Waals surface area contributed by atoms with Gasteiger partial charge in [0.05, 0.1) is 12.0 Å². The molecule has 4 rings (SSSR count). The summed E-state index contributed by atoms with van der Waals surface area (Å²) in [5.74, 6) is 6.37. The van der Waals surface area contributed by atoms with E-state index in [0.717, 1.165) is 16.9 Å². The first-order valence-corrected chi connectivity index (χ1v) is 9.70. The maximum absolute atomic E-state index is 12.5. The number of aromatic nitrogens is 2. The van der Waals surface area contributed by atoms with Gasteiger partial charge in [-0.2, -0.15) is 0 Å². The minimum atomic E-state index is -0.504.